The topological polar surface area (TPSA) is 84.9 Å². The second-order valence-corrected chi connectivity index (χ2v) is 4.99. The highest BCUT2D eigenvalue weighted by Crippen LogP contribution is 2.40. The van der Waals surface area contributed by atoms with Crippen LogP contribution in [-0.2, 0) is 9.59 Å². The molecule has 0 saturated heterocycles. The SMILES string of the molecule is O=C(O)C1CC1C(=O)Nc1ccc2c(c1)OCCCO2. The van der Waals surface area contributed by atoms with Crippen molar-refractivity contribution in [1.29, 1.82) is 0 Å². The van der Waals surface area contributed by atoms with Gasteiger partial charge in [0.1, 0.15) is 0 Å². The summed E-state index contributed by atoms with van der Waals surface area (Å²) < 4.78 is 11.0. The van der Waals surface area contributed by atoms with Gasteiger partial charge in [-0.25, -0.2) is 0 Å². The first-order valence-electron chi connectivity index (χ1n) is 6.58. The average Bonchev–Trinajstić information content (AvgIpc) is 3.22. The van der Waals surface area contributed by atoms with Gasteiger partial charge < -0.3 is 19.9 Å². The van der Waals surface area contributed by atoms with E-state index < -0.39 is 17.8 Å². The smallest absolute Gasteiger partial charge is 0.307 e. The Kier molecular flexibility index (Phi) is 3.22. The van der Waals surface area contributed by atoms with Crippen LogP contribution in [0.2, 0.25) is 0 Å². The van der Waals surface area contributed by atoms with E-state index in [4.69, 9.17) is 14.6 Å². The molecule has 1 aliphatic carbocycles. The van der Waals surface area contributed by atoms with Crippen LogP contribution in [-0.4, -0.2) is 30.2 Å². The molecule has 1 aromatic carbocycles. The molecule has 106 valence electrons. The molecule has 6 heteroatoms. The molecule has 0 spiro atoms. The number of carbonyl (C=O) groups is 2. The molecule has 1 aliphatic heterocycles. The highest BCUT2D eigenvalue weighted by Gasteiger charge is 2.48. The van der Waals surface area contributed by atoms with Gasteiger partial charge in [-0.3, -0.25) is 9.59 Å². The van der Waals surface area contributed by atoms with E-state index in [1.807, 2.05) is 0 Å². The van der Waals surface area contributed by atoms with Gasteiger partial charge in [0.05, 0.1) is 25.0 Å². The number of benzene rings is 1. The lowest BCUT2D eigenvalue weighted by molar-refractivity contribution is -0.139. The van der Waals surface area contributed by atoms with Gasteiger partial charge in [0.15, 0.2) is 11.5 Å². The molecule has 1 saturated carbocycles. The second-order valence-electron chi connectivity index (χ2n) is 4.99. The van der Waals surface area contributed by atoms with Gasteiger partial charge >= 0.3 is 5.97 Å². The quantitative estimate of drug-likeness (QED) is 0.874. The summed E-state index contributed by atoms with van der Waals surface area (Å²) >= 11 is 0. The summed E-state index contributed by atoms with van der Waals surface area (Å²) in [5.74, 6) is -0.879. The summed E-state index contributed by atoms with van der Waals surface area (Å²) in [5.41, 5.74) is 0.593. The lowest BCUT2D eigenvalue weighted by Crippen LogP contribution is -2.16. The Morgan fingerprint density at radius 3 is 2.60 bits per heavy atom. The van der Waals surface area contributed by atoms with Crippen LogP contribution >= 0.6 is 0 Å². The Labute approximate surface area is 115 Å². The van der Waals surface area contributed by atoms with Crippen LogP contribution in [0.25, 0.3) is 0 Å². The summed E-state index contributed by atoms with van der Waals surface area (Å²) in [7, 11) is 0. The molecule has 0 bridgehead atoms. The van der Waals surface area contributed by atoms with Crippen molar-refractivity contribution < 1.29 is 24.2 Å². The number of carboxylic acid groups (broad SMARTS) is 1. The van der Waals surface area contributed by atoms with Crippen LogP contribution in [0, 0.1) is 11.8 Å². The van der Waals surface area contributed by atoms with E-state index in [9.17, 15) is 9.59 Å². The van der Waals surface area contributed by atoms with Crippen molar-refractivity contribution in [3.05, 3.63) is 18.2 Å². The number of ether oxygens (including phenoxy) is 2. The summed E-state index contributed by atoms with van der Waals surface area (Å²) in [6.45, 7) is 1.19. The Morgan fingerprint density at radius 1 is 1.15 bits per heavy atom. The zero-order valence-electron chi connectivity index (χ0n) is 10.8. The molecule has 20 heavy (non-hydrogen) atoms. The third kappa shape index (κ3) is 2.54. The maximum atomic E-state index is 11.9. The van der Waals surface area contributed by atoms with Crippen LogP contribution in [0.1, 0.15) is 12.8 Å². The molecule has 3 rings (SSSR count). The Balaban J connectivity index is 1.68. The Morgan fingerprint density at radius 2 is 1.90 bits per heavy atom. The Bertz CT molecular complexity index is 556. The van der Waals surface area contributed by atoms with Gasteiger partial charge in [-0.15, -0.1) is 0 Å². The van der Waals surface area contributed by atoms with Crippen molar-refractivity contribution in [2.24, 2.45) is 11.8 Å². The molecule has 1 heterocycles. The van der Waals surface area contributed by atoms with E-state index in [0.717, 1.165) is 6.42 Å². The molecule has 1 amide bonds. The first kappa shape index (κ1) is 12.8. The second kappa shape index (κ2) is 5.03. The molecule has 2 unspecified atom stereocenters. The third-order valence-corrected chi connectivity index (χ3v) is 3.46. The van der Waals surface area contributed by atoms with Gasteiger partial charge in [-0.2, -0.15) is 0 Å². The molecular weight excluding hydrogens is 262 g/mol. The first-order valence-corrected chi connectivity index (χ1v) is 6.58. The summed E-state index contributed by atoms with van der Waals surface area (Å²) in [5, 5.41) is 11.5. The summed E-state index contributed by atoms with van der Waals surface area (Å²) in [6.07, 6.45) is 1.23. The zero-order valence-corrected chi connectivity index (χ0v) is 10.8. The van der Waals surface area contributed by atoms with Gasteiger partial charge in [-0.1, -0.05) is 0 Å². The Hall–Kier alpha value is -2.24. The predicted molar refractivity (Wildman–Crippen MR) is 69.9 cm³/mol. The molecule has 0 radical (unpaired) electrons. The van der Waals surface area contributed by atoms with E-state index in [0.29, 0.717) is 36.8 Å². The van der Waals surface area contributed by atoms with Crippen molar-refractivity contribution in [3.63, 3.8) is 0 Å². The van der Waals surface area contributed by atoms with Crippen molar-refractivity contribution in [2.75, 3.05) is 18.5 Å². The molecule has 0 aromatic heterocycles. The molecule has 2 N–H and O–H groups in total. The highest BCUT2D eigenvalue weighted by molar-refractivity contribution is 5.98. The van der Waals surface area contributed by atoms with E-state index in [1.165, 1.54) is 0 Å². The number of hydrogen-bond donors (Lipinski definition) is 2. The van der Waals surface area contributed by atoms with Gasteiger partial charge in [0.2, 0.25) is 5.91 Å². The fourth-order valence-electron chi connectivity index (χ4n) is 2.23. The van der Waals surface area contributed by atoms with Crippen LogP contribution in [0.5, 0.6) is 11.5 Å². The fraction of sp³-hybridized carbons (Fsp3) is 0.429. The molecular formula is C14H15NO5. The lowest BCUT2D eigenvalue weighted by Gasteiger charge is -2.10. The number of carbonyl (C=O) groups excluding carboxylic acids is 1. The van der Waals surface area contributed by atoms with Crippen molar-refractivity contribution in [2.45, 2.75) is 12.8 Å². The predicted octanol–water partition coefficient (Wildman–Crippen LogP) is 1.51. The van der Waals surface area contributed by atoms with Crippen LogP contribution in [0.4, 0.5) is 5.69 Å². The van der Waals surface area contributed by atoms with Crippen molar-refractivity contribution in [3.8, 4) is 11.5 Å². The maximum absolute atomic E-state index is 11.9. The number of hydrogen-bond acceptors (Lipinski definition) is 4. The van der Waals surface area contributed by atoms with Crippen molar-refractivity contribution >= 4 is 17.6 Å². The lowest BCUT2D eigenvalue weighted by atomic mass is 10.2. The highest BCUT2D eigenvalue weighted by atomic mass is 16.5. The number of nitrogens with one attached hydrogen (secondary N) is 1. The normalized spacial score (nSPS) is 23.6. The van der Waals surface area contributed by atoms with Gasteiger partial charge in [0.25, 0.3) is 0 Å². The standard InChI is InChI=1S/C14H15NO5/c16-13(9-7-10(9)14(17)18)15-8-2-3-11-12(6-8)20-5-1-4-19-11/h2-3,6,9-10H,1,4-5,7H2,(H,15,16)(H,17,18). The third-order valence-electron chi connectivity index (χ3n) is 3.46. The van der Waals surface area contributed by atoms with E-state index in [2.05, 4.69) is 5.32 Å². The molecule has 2 aliphatic rings. The van der Waals surface area contributed by atoms with Gasteiger partial charge in [0, 0.05) is 18.2 Å². The first-order chi connectivity index (χ1) is 9.65. The number of rotatable bonds is 3. The number of carboxylic acids is 1. The number of anilines is 1. The molecule has 1 aromatic rings. The van der Waals surface area contributed by atoms with Crippen molar-refractivity contribution in [1.82, 2.24) is 0 Å². The summed E-state index contributed by atoms with van der Waals surface area (Å²) in [6, 6.07) is 5.18. The molecule has 6 nitrogen and oxygen atoms in total. The largest absolute Gasteiger partial charge is 0.490 e. The van der Waals surface area contributed by atoms with E-state index >= 15 is 0 Å². The van der Waals surface area contributed by atoms with E-state index in [1.54, 1.807) is 18.2 Å². The minimum atomic E-state index is -0.913. The minimum absolute atomic E-state index is 0.258. The number of aliphatic carboxylic acids is 1. The monoisotopic (exact) mass is 277 g/mol. The maximum Gasteiger partial charge on any atom is 0.307 e. The number of amides is 1. The van der Waals surface area contributed by atoms with Crippen LogP contribution < -0.4 is 14.8 Å². The summed E-state index contributed by atoms with van der Waals surface area (Å²) in [4.78, 5) is 22.6. The average molecular weight is 277 g/mol. The number of fused-ring (bicyclic) bond motifs is 1. The molecule has 2 atom stereocenters. The van der Waals surface area contributed by atoms with Gasteiger partial charge in [-0.05, 0) is 18.6 Å². The van der Waals surface area contributed by atoms with E-state index in [-0.39, 0.29) is 5.91 Å². The molecule has 1 fully saturated rings. The van der Waals surface area contributed by atoms with Crippen LogP contribution in [0.15, 0.2) is 18.2 Å². The zero-order chi connectivity index (χ0) is 14.1. The minimum Gasteiger partial charge on any atom is -0.490 e. The van der Waals surface area contributed by atoms with Crippen LogP contribution in [0.3, 0.4) is 0 Å². The fourth-order valence-corrected chi connectivity index (χ4v) is 2.23.